The molecule has 24 heavy (non-hydrogen) atoms. The van der Waals surface area contributed by atoms with Crippen LogP contribution in [0.2, 0.25) is 0 Å². The number of ether oxygens (including phenoxy) is 1. The number of nitrogens with zero attached hydrogens (tertiary/aromatic N) is 2. The number of carbonyl (C=O) groups is 1. The van der Waals surface area contributed by atoms with Crippen LogP contribution in [0.4, 0.5) is 5.95 Å². The summed E-state index contributed by atoms with van der Waals surface area (Å²) in [7, 11) is 1.57. The Morgan fingerprint density at radius 2 is 2.04 bits per heavy atom. The lowest BCUT2D eigenvalue weighted by Crippen LogP contribution is -2.23. The van der Waals surface area contributed by atoms with E-state index in [0.717, 1.165) is 17.7 Å². The van der Waals surface area contributed by atoms with E-state index in [4.69, 9.17) is 10.5 Å². The molecule has 0 aliphatic heterocycles. The first kappa shape index (κ1) is 17.7. The van der Waals surface area contributed by atoms with Gasteiger partial charge in [0, 0.05) is 7.05 Å². The minimum atomic E-state index is -0.249. The van der Waals surface area contributed by atoms with Crippen molar-refractivity contribution in [1.82, 2.24) is 15.3 Å². The van der Waals surface area contributed by atoms with E-state index in [1.165, 1.54) is 0 Å². The van der Waals surface area contributed by atoms with Crippen LogP contribution >= 0.6 is 0 Å². The van der Waals surface area contributed by atoms with Crippen molar-refractivity contribution in [2.24, 2.45) is 0 Å². The van der Waals surface area contributed by atoms with Crippen molar-refractivity contribution in [1.29, 1.82) is 0 Å². The molecule has 1 aromatic carbocycles. The topological polar surface area (TPSA) is 90.1 Å². The molecular formula is C18H24N4O2. The molecule has 1 amide bonds. The van der Waals surface area contributed by atoms with Crippen molar-refractivity contribution >= 4 is 11.9 Å². The number of nitrogens with one attached hydrogen (secondary N) is 1. The second-order valence-electron chi connectivity index (χ2n) is 5.70. The molecule has 2 rings (SSSR count). The number of anilines is 1. The normalized spacial score (nSPS) is 11.8. The van der Waals surface area contributed by atoms with Crippen molar-refractivity contribution in [2.75, 3.05) is 12.8 Å². The van der Waals surface area contributed by atoms with Crippen molar-refractivity contribution in [3.8, 4) is 5.75 Å². The Hall–Kier alpha value is -2.63. The Kier molecular flexibility index (Phi) is 5.73. The maximum Gasteiger partial charge on any atom is 0.254 e. The highest BCUT2D eigenvalue weighted by Crippen LogP contribution is 2.29. The molecule has 2 aromatic rings. The first-order valence-electron chi connectivity index (χ1n) is 8.04. The zero-order valence-electron chi connectivity index (χ0n) is 14.6. The Balaban J connectivity index is 2.32. The van der Waals surface area contributed by atoms with Crippen LogP contribution in [0.15, 0.2) is 24.3 Å². The molecule has 0 bridgehead atoms. The van der Waals surface area contributed by atoms with Gasteiger partial charge in [0.15, 0.2) is 0 Å². The maximum absolute atomic E-state index is 12.1. The summed E-state index contributed by atoms with van der Waals surface area (Å²) in [5, 5.41) is 2.60. The first-order chi connectivity index (χ1) is 11.5. The van der Waals surface area contributed by atoms with Crippen molar-refractivity contribution in [3.05, 3.63) is 46.8 Å². The smallest absolute Gasteiger partial charge is 0.254 e. The monoisotopic (exact) mass is 328 g/mol. The van der Waals surface area contributed by atoms with Crippen LogP contribution in [0.1, 0.15) is 53.5 Å². The van der Waals surface area contributed by atoms with Crippen LogP contribution < -0.4 is 15.8 Å². The number of nitrogen functional groups attached to an aromatic ring is 1. The first-order valence-corrected chi connectivity index (χ1v) is 8.04. The van der Waals surface area contributed by atoms with Crippen LogP contribution in [-0.2, 0) is 6.61 Å². The highest BCUT2D eigenvalue weighted by Gasteiger charge is 2.18. The molecule has 0 aliphatic carbocycles. The highest BCUT2D eigenvalue weighted by molar-refractivity contribution is 5.96. The fraction of sp³-hybridized carbons (Fsp3) is 0.389. The van der Waals surface area contributed by atoms with E-state index in [2.05, 4.69) is 35.2 Å². The molecule has 1 unspecified atom stereocenters. The molecule has 1 heterocycles. The number of para-hydroxylation sites is 1. The summed E-state index contributed by atoms with van der Waals surface area (Å²) in [5.41, 5.74) is 8.30. The molecule has 0 saturated heterocycles. The van der Waals surface area contributed by atoms with Gasteiger partial charge in [0.1, 0.15) is 12.4 Å². The Labute approximate surface area is 142 Å². The molecule has 1 atom stereocenters. The van der Waals surface area contributed by atoms with Gasteiger partial charge in [0.05, 0.1) is 17.0 Å². The van der Waals surface area contributed by atoms with Gasteiger partial charge in [-0.2, -0.15) is 0 Å². The van der Waals surface area contributed by atoms with Gasteiger partial charge >= 0.3 is 0 Å². The van der Waals surface area contributed by atoms with E-state index >= 15 is 0 Å². The SMILES string of the molecule is CCC(C)c1ccccc1OCc1nc(N)nc(C)c1C(=O)NC. The number of rotatable bonds is 6. The molecule has 3 N–H and O–H groups in total. The number of benzene rings is 1. The summed E-state index contributed by atoms with van der Waals surface area (Å²) in [6.45, 7) is 6.19. The minimum absolute atomic E-state index is 0.133. The van der Waals surface area contributed by atoms with E-state index in [1.807, 2.05) is 18.2 Å². The fourth-order valence-electron chi connectivity index (χ4n) is 2.57. The lowest BCUT2D eigenvalue weighted by atomic mass is 9.98. The molecule has 128 valence electrons. The van der Waals surface area contributed by atoms with Gasteiger partial charge in [0.25, 0.3) is 5.91 Å². The second-order valence-corrected chi connectivity index (χ2v) is 5.70. The Morgan fingerprint density at radius 3 is 2.71 bits per heavy atom. The number of hydrogen-bond donors (Lipinski definition) is 2. The van der Waals surface area contributed by atoms with Crippen molar-refractivity contribution in [2.45, 2.75) is 39.7 Å². The van der Waals surface area contributed by atoms with Gasteiger partial charge in [-0.3, -0.25) is 4.79 Å². The Bertz CT molecular complexity index is 731. The standard InChI is InChI=1S/C18H24N4O2/c1-5-11(2)13-8-6-7-9-15(13)24-10-14-16(17(23)20-4)12(3)21-18(19)22-14/h6-9,11H,5,10H2,1-4H3,(H,20,23)(H2,19,21,22). The molecule has 1 aromatic heterocycles. The van der Waals surface area contributed by atoms with E-state index in [0.29, 0.717) is 22.9 Å². The zero-order valence-corrected chi connectivity index (χ0v) is 14.6. The van der Waals surface area contributed by atoms with Gasteiger partial charge < -0.3 is 15.8 Å². The number of aromatic nitrogens is 2. The summed E-state index contributed by atoms with van der Waals surface area (Å²) >= 11 is 0. The van der Waals surface area contributed by atoms with E-state index in [-0.39, 0.29) is 18.5 Å². The van der Waals surface area contributed by atoms with E-state index in [1.54, 1.807) is 14.0 Å². The van der Waals surface area contributed by atoms with Crippen molar-refractivity contribution < 1.29 is 9.53 Å². The lowest BCUT2D eigenvalue weighted by Gasteiger charge is -2.17. The Morgan fingerprint density at radius 1 is 1.33 bits per heavy atom. The summed E-state index contributed by atoms with van der Waals surface area (Å²) in [4.78, 5) is 20.4. The maximum atomic E-state index is 12.1. The predicted molar refractivity (Wildman–Crippen MR) is 94.1 cm³/mol. The molecule has 6 nitrogen and oxygen atoms in total. The van der Waals surface area contributed by atoms with Crippen LogP contribution in [0.3, 0.4) is 0 Å². The van der Waals surface area contributed by atoms with Gasteiger partial charge in [0.2, 0.25) is 5.95 Å². The highest BCUT2D eigenvalue weighted by atomic mass is 16.5. The average molecular weight is 328 g/mol. The van der Waals surface area contributed by atoms with Crippen LogP contribution in [0.5, 0.6) is 5.75 Å². The molecular weight excluding hydrogens is 304 g/mol. The number of hydrogen-bond acceptors (Lipinski definition) is 5. The predicted octanol–water partition coefficient (Wildman–Crippen LogP) is 2.82. The number of nitrogens with two attached hydrogens (primary N) is 1. The number of carbonyl (C=O) groups excluding carboxylic acids is 1. The van der Waals surface area contributed by atoms with Gasteiger partial charge in [-0.15, -0.1) is 0 Å². The van der Waals surface area contributed by atoms with Crippen LogP contribution in [-0.4, -0.2) is 22.9 Å². The third-order valence-electron chi connectivity index (χ3n) is 4.06. The average Bonchev–Trinajstić information content (AvgIpc) is 2.58. The van der Waals surface area contributed by atoms with Gasteiger partial charge in [-0.1, -0.05) is 32.0 Å². The molecule has 0 aliphatic rings. The molecule has 0 spiro atoms. The number of amides is 1. The van der Waals surface area contributed by atoms with Gasteiger partial charge in [-0.05, 0) is 30.9 Å². The summed E-state index contributed by atoms with van der Waals surface area (Å²) < 4.78 is 5.97. The quantitative estimate of drug-likeness (QED) is 0.851. The molecule has 0 saturated carbocycles. The fourth-order valence-corrected chi connectivity index (χ4v) is 2.57. The minimum Gasteiger partial charge on any atom is -0.487 e. The zero-order chi connectivity index (χ0) is 17.7. The van der Waals surface area contributed by atoms with Crippen LogP contribution in [0, 0.1) is 6.92 Å². The summed E-state index contributed by atoms with van der Waals surface area (Å²) in [5.74, 6) is 1.07. The summed E-state index contributed by atoms with van der Waals surface area (Å²) in [6.07, 6.45) is 1.02. The molecule has 0 fully saturated rings. The molecule has 6 heteroatoms. The van der Waals surface area contributed by atoms with E-state index in [9.17, 15) is 4.79 Å². The van der Waals surface area contributed by atoms with Crippen LogP contribution in [0.25, 0.3) is 0 Å². The summed E-state index contributed by atoms with van der Waals surface area (Å²) in [6, 6.07) is 7.92. The second kappa shape index (κ2) is 7.77. The largest absolute Gasteiger partial charge is 0.487 e. The lowest BCUT2D eigenvalue weighted by molar-refractivity contribution is 0.0959. The van der Waals surface area contributed by atoms with Crippen molar-refractivity contribution in [3.63, 3.8) is 0 Å². The van der Waals surface area contributed by atoms with E-state index < -0.39 is 0 Å². The number of aryl methyl sites for hydroxylation is 1. The third kappa shape index (κ3) is 3.82. The molecule has 0 radical (unpaired) electrons. The third-order valence-corrected chi connectivity index (χ3v) is 4.06. The van der Waals surface area contributed by atoms with Gasteiger partial charge in [-0.25, -0.2) is 9.97 Å².